The van der Waals surface area contributed by atoms with Crippen LogP contribution in [0.15, 0.2) is 24.3 Å². The van der Waals surface area contributed by atoms with Crippen LogP contribution in [-0.2, 0) is 11.3 Å². The van der Waals surface area contributed by atoms with E-state index in [1.54, 1.807) is 19.1 Å². The van der Waals surface area contributed by atoms with Crippen LogP contribution in [0.2, 0.25) is 5.02 Å². The number of hydrogen-bond acceptors (Lipinski definition) is 2. The molecule has 0 aliphatic carbocycles. The predicted octanol–water partition coefficient (Wildman–Crippen LogP) is 2.52. The standard InChI is InChI=1S/C13H19ClN2O2/c1-10(9-18-3)15-13(17)16(2)8-11-6-4-5-7-12(11)14/h4-7,10H,8-9H2,1-3H3,(H,15,17). The van der Waals surface area contributed by atoms with Gasteiger partial charge in [0, 0.05) is 25.7 Å². The third kappa shape index (κ3) is 4.55. The second-order valence-electron chi connectivity index (χ2n) is 4.25. The zero-order valence-corrected chi connectivity index (χ0v) is 11.7. The fourth-order valence-corrected chi connectivity index (χ4v) is 1.76. The molecule has 1 aromatic carbocycles. The Bertz CT molecular complexity index is 398. The number of urea groups is 1. The number of carbonyl (C=O) groups is 1. The van der Waals surface area contributed by atoms with Gasteiger partial charge in [-0.25, -0.2) is 4.79 Å². The van der Waals surface area contributed by atoms with Gasteiger partial charge in [0.25, 0.3) is 0 Å². The maximum Gasteiger partial charge on any atom is 0.317 e. The lowest BCUT2D eigenvalue weighted by Gasteiger charge is -2.21. The topological polar surface area (TPSA) is 41.6 Å². The van der Waals surface area contributed by atoms with Crippen molar-refractivity contribution in [3.05, 3.63) is 34.9 Å². The second-order valence-corrected chi connectivity index (χ2v) is 4.66. The highest BCUT2D eigenvalue weighted by atomic mass is 35.5. The fraction of sp³-hybridized carbons (Fsp3) is 0.462. The SMILES string of the molecule is COCC(C)NC(=O)N(C)Cc1ccccc1Cl. The third-order valence-electron chi connectivity index (χ3n) is 2.50. The van der Waals surface area contributed by atoms with E-state index in [4.69, 9.17) is 16.3 Å². The molecule has 0 radical (unpaired) electrons. The quantitative estimate of drug-likeness (QED) is 0.893. The molecule has 0 aliphatic rings. The summed E-state index contributed by atoms with van der Waals surface area (Å²) in [6.07, 6.45) is 0. The van der Waals surface area contributed by atoms with Crippen LogP contribution in [-0.4, -0.2) is 37.7 Å². The van der Waals surface area contributed by atoms with Crippen LogP contribution in [0.3, 0.4) is 0 Å². The van der Waals surface area contributed by atoms with Crippen molar-refractivity contribution in [2.75, 3.05) is 20.8 Å². The van der Waals surface area contributed by atoms with Gasteiger partial charge in [0.05, 0.1) is 12.6 Å². The lowest BCUT2D eigenvalue weighted by atomic mass is 10.2. The van der Waals surface area contributed by atoms with Crippen LogP contribution in [0.25, 0.3) is 0 Å². The number of methoxy groups -OCH3 is 1. The highest BCUT2D eigenvalue weighted by molar-refractivity contribution is 6.31. The monoisotopic (exact) mass is 270 g/mol. The van der Waals surface area contributed by atoms with Gasteiger partial charge in [-0.05, 0) is 18.6 Å². The minimum atomic E-state index is -0.139. The van der Waals surface area contributed by atoms with E-state index in [1.807, 2.05) is 31.2 Å². The largest absolute Gasteiger partial charge is 0.383 e. The van der Waals surface area contributed by atoms with Gasteiger partial charge in [-0.15, -0.1) is 0 Å². The number of carbonyl (C=O) groups excluding carboxylic acids is 1. The van der Waals surface area contributed by atoms with Crippen LogP contribution in [0.5, 0.6) is 0 Å². The van der Waals surface area contributed by atoms with Crippen molar-refractivity contribution in [3.63, 3.8) is 0 Å². The fourth-order valence-electron chi connectivity index (χ4n) is 1.57. The zero-order chi connectivity index (χ0) is 13.5. The lowest BCUT2D eigenvalue weighted by molar-refractivity contribution is 0.162. The number of halogens is 1. The lowest BCUT2D eigenvalue weighted by Crippen LogP contribution is -2.43. The molecule has 1 N–H and O–H groups in total. The molecule has 2 amide bonds. The molecular weight excluding hydrogens is 252 g/mol. The maximum absolute atomic E-state index is 11.9. The Morgan fingerprint density at radius 3 is 2.78 bits per heavy atom. The Balaban J connectivity index is 2.52. The van der Waals surface area contributed by atoms with Gasteiger partial charge in [0.2, 0.25) is 0 Å². The van der Waals surface area contributed by atoms with Crippen LogP contribution in [0, 0.1) is 0 Å². The Morgan fingerprint density at radius 2 is 2.17 bits per heavy atom. The van der Waals surface area contributed by atoms with E-state index in [9.17, 15) is 4.79 Å². The van der Waals surface area contributed by atoms with Gasteiger partial charge in [0.1, 0.15) is 0 Å². The van der Waals surface area contributed by atoms with E-state index < -0.39 is 0 Å². The summed E-state index contributed by atoms with van der Waals surface area (Å²) in [7, 11) is 3.34. The van der Waals surface area contributed by atoms with Crippen LogP contribution < -0.4 is 5.32 Å². The van der Waals surface area contributed by atoms with Crippen LogP contribution in [0.4, 0.5) is 4.79 Å². The van der Waals surface area contributed by atoms with Gasteiger partial charge >= 0.3 is 6.03 Å². The number of ether oxygens (including phenoxy) is 1. The van der Waals surface area contributed by atoms with E-state index in [1.165, 1.54) is 0 Å². The maximum atomic E-state index is 11.9. The molecule has 100 valence electrons. The molecule has 0 spiro atoms. The van der Waals surface area contributed by atoms with E-state index in [2.05, 4.69) is 5.32 Å². The summed E-state index contributed by atoms with van der Waals surface area (Å²) >= 11 is 6.05. The summed E-state index contributed by atoms with van der Waals surface area (Å²) in [5.74, 6) is 0. The van der Waals surface area contributed by atoms with Crippen molar-refractivity contribution in [3.8, 4) is 0 Å². The van der Waals surface area contributed by atoms with Crippen molar-refractivity contribution < 1.29 is 9.53 Å². The van der Waals surface area contributed by atoms with Gasteiger partial charge < -0.3 is 15.0 Å². The third-order valence-corrected chi connectivity index (χ3v) is 2.87. The molecule has 0 bridgehead atoms. The Hall–Kier alpha value is -1.26. The number of benzene rings is 1. The molecule has 0 saturated heterocycles. The first-order chi connectivity index (χ1) is 8.54. The summed E-state index contributed by atoms with van der Waals surface area (Å²) < 4.78 is 4.97. The van der Waals surface area contributed by atoms with Crippen molar-refractivity contribution in [1.82, 2.24) is 10.2 Å². The molecule has 0 saturated carbocycles. The van der Waals surface area contributed by atoms with E-state index in [0.29, 0.717) is 18.2 Å². The van der Waals surface area contributed by atoms with E-state index in [0.717, 1.165) is 5.56 Å². The predicted molar refractivity (Wildman–Crippen MR) is 72.8 cm³/mol. The Kier molecular flexibility index (Phi) is 5.95. The number of hydrogen-bond donors (Lipinski definition) is 1. The van der Waals surface area contributed by atoms with Crippen molar-refractivity contribution in [2.45, 2.75) is 19.5 Å². The Morgan fingerprint density at radius 1 is 1.50 bits per heavy atom. The molecule has 5 heteroatoms. The minimum Gasteiger partial charge on any atom is -0.383 e. The normalized spacial score (nSPS) is 12.0. The van der Waals surface area contributed by atoms with Crippen molar-refractivity contribution in [2.24, 2.45) is 0 Å². The molecule has 4 nitrogen and oxygen atoms in total. The summed E-state index contributed by atoms with van der Waals surface area (Å²) in [5.41, 5.74) is 0.927. The first kappa shape index (κ1) is 14.8. The first-order valence-electron chi connectivity index (χ1n) is 5.78. The minimum absolute atomic E-state index is 0.0174. The van der Waals surface area contributed by atoms with Gasteiger partial charge in [-0.2, -0.15) is 0 Å². The average Bonchev–Trinajstić information content (AvgIpc) is 2.32. The molecule has 18 heavy (non-hydrogen) atoms. The highest BCUT2D eigenvalue weighted by Gasteiger charge is 2.13. The number of rotatable bonds is 5. The summed E-state index contributed by atoms with van der Waals surface area (Å²) in [6, 6.07) is 7.34. The van der Waals surface area contributed by atoms with E-state index >= 15 is 0 Å². The number of nitrogens with one attached hydrogen (secondary N) is 1. The summed E-state index contributed by atoms with van der Waals surface area (Å²) in [4.78, 5) is 13.5. The van der Waals surface area contributed by atoms with Crippen LogP contribution >= 0.6 is 11.6 Å². The second kappa shape index (κ2) is 7.24. The molecule has 1 rings (SSSR count). The van der Waals surface area contributed by atoms with Crippen molar-refractivity contribution in [1.29, 1.82) is 0 Å². The number of amides is 2. The van der Waals surface area contributed by atoms with Gasteiger partial charge in [0.15, 0.2) is 0 Å². The highest BCUT2D eigenvalue weighted by Crippen LogP contribution is 2.16. The molecule has 1 aromatic rings. The smallest absolute Gasteiger partial charge is 0.317 e. The van der Waals surface area contributed by atoms with Gasteiger partial charge in [-0.1, -0.05) is 29.8 Å². The average molecular weight is 271 g/mol. The molecular formula is C13H19ClN2O2. The molecule has 1 atom stereocenters. The molecule has 0 fully saturated rings. The Labute approximate surface area is 113 Å². The summed E-state index contributed by atoms with van der Waals surface area (Å²) in [6.45, 7) is 2.86. The molecule has 0 heterocycles. The molecule has 1 unspecified atom stereocenters. The zero-order valence-electron chi connectivity index (χ0n) is 10.9. The molecule has 0 aromatic heterocycles. The summed E-state index contributed by atoms with van der Waals surface area (Å²) in [5, 5.41) is 3.51. The first-order valence-corrected chi connectivity index (χ1v) is 6.16. The van der Waals surface area contributed by atoms with Crippen molar-refractivity contribution >= 4 is 17.6 Å². The van der Waals surface area contributed by atoms with E-state index in [-0.39, 0.29) is 12.1 Å². The number of nitrogens with zero attached hydrogens (tertiary/aromatic N) is 1. The van der Waals surface area contributed by atoms with Crippen LogP contribution in [0.1, 0.15) is 12.5 Å². The molecule has 0 aliphatic heterocycles. The van der Waals surface area contributed by atoms with Gasteiger partial charge in [-0.3, -0.25) is 0 Å².